The highest BCUT2D eigenvalue weighted by atomic mass is 15.2. The van der Waals surface area contributed by atoms with Crippen LogP contribution in [0.1, 0.15) is 5.56 Å². The lowest BCUT2D eigenvalue weighted by Crippen LogP contribution is -2.30. The van der Waals surface area contributed by atoms with Crippen molar-refractivity contribution < 1.29 is 0 Å². The van der Waals surface area contributed by atoms with E-state index in [1.807, 2.05) is 18.3 Å². The summed E-state index contributed by atoms with van der Waals surface area (Å²) < 4.78 is 0. The molecule has 1 aliphatic rings. The Labute approximate surface area is 87.6 Å². The fourth-order valence-corrected chi connectivity index (χ4v) is 1.90. The highest BCUT2D eigenvalue weighted by molar-refractivity contribution is 6.04. The molecule has 0 fully saturated rings. The van der Waals surface area contributed by atoms with Crippen LogP contribution in [0, 0.1) is 0 Å². The molecule has 0 aromatic heterocycles. The maximum Gasteiger partial charge on any atom is 0.171 e. The largest absolute Gasteiger partial charge is 0.351 e. The lowest BCUT2D eigenvalue weighted by molar-refractivity contribution is 0.808. The van der Waals surface area contributed by atoms with Crippen LogP contribution in [0.5, 0.6) is 0 Å². The van der Waals surface area contributed by atoms with Gasteiger partial charge >= 0.3 is 0 Å². The quantitative estimate of drug-likeness (QED) is 0.678. The van der Waals surface area contributed by atoms with Crippen molar-refractivity contribution >= 4 is 22.7 Å². The predicted octanol–water partition coefficient (Wildman–Crippen LogP) is 1.93. The van der Waals surface area contributed by atoms with E-state index in [1.165, 1.54) is 10.8 Å². The fraction of sp³-hybridized carbons (Fsp3) is 0.0833. The number of nitrogens with two attached hydrogens (primary N) is 1. The Morgan fingerprint density at radius 1 is 1.13 bits per heavy atom. The van der Waals surface area contributed by atoms with Gasteiger partial charge in [0, 0.05) is 17.2 Å². The average Bonchev–Trinajstić information content (AvgIpc) is 2.29. The molecule has 3 nitrogen and oxygen atoms in total. The number of benzene rings is 2. The minimum atomic E-state index is -0.330. The molecule has 0 radical (unpaired) electrons. The van der Waals surface area contributed by atoms with E-state index in [2.05, 4.69) is 34.6 Å². The number of rotatable bonds is 0. The first-order valence-electron chi connectivity index (χ1n) is 4.92. The van der Waals surface area contributed by atoms with E-state index in [4.69, 9.17) is 5.73 Å². The maximum absolute atomic E-state index is 5.73. The molecule has 0 saturated heterocycles. The fourth-order valence-electron chi connectivity index (χ4n) is 1.90. The van der Waals surface area contributed by atoms with Crippen LogP contribution >= 0.6 is 0 Å². The third-order valence-corrected chi connectivity index (χ3v) is 2.63. The molecule has 0 saturated carbocycles. The molecule has 0 spiro atoms. The van der Waals surface area contributed by atoms with Crippen LogP contribution in [0.15, 0.2) is 41.4 Å². The summed E-state index contributed by atoms with van der Waals surface area (Å²) in [5, 5.41) is 5.59. The van der Waals surface area contributed by atoms with Gasteiger partial charge in [-0.25, -0.2) is 0 Å². The Balaban J connectivity index is 2.34. The lowest BCUT2D eigenvalue weighted by atomic mass is 10.0. The Kier molecular flexibility index (Phi) is 1.73. The molecule has 0 bridgehead atoms. The topological polar surface area (TPSA) is 50.4 Å². The number of aliphatic imine (C=N–C) groups is 1. The van der Waals surface area contributed by atoms with Gasteiger partial charge in [-0.15, -0.1) is 0 Å². The molecule has 3 rings (SSSR count). The van der Waals surface area contributed by atoms with Gasteiger partial charge in [0.25, 0.3) is 0 Å². The van der Waals surface area contributed by atoms with E-state index in [9.17, 15) is 0 Å². The van der Waals surface area contributed by atoms with Crippen LogP contribution in [-0.4, -0.2) is 12.5 Å². The third-order valence-electron chi connectivity index (χ3n) is 2.63. The molecule has 1 aliphatic heterocycles. The van der Waals surface area contributed by atoms with Gasteiger partial charge in [-0.2, -0.15) is 0 Å². The van der Waals surface area contributed by atoms with Gasteiger partial charge in [-0.3, -0.25) is 10.7 Å². The number of nitrogens with zero attached hydrogens (tertiary/aromatic N) is 1. The lowest BCUT2D eigenvalue weighted by Gasteiger charge is -2.19. The zero-order valence-electron chi connectivity index (χ0n) is 8.14. The van der Waals surface area contributed by atoms with Crippen molar-refractivity contribution in [3.8, 4) is 0 Å². The normalized spacial score (nSPS) is 18.6. The van der Waals surface area contributed by atoms with Crippen LogP contribution in [0.3, 0.4) is 0 Å². The first-order chi connectivity index (χ1) is 7.34. The van der Waals surface area contributed by atoms with E-state index in [0.29, 0.717) is 0 Å². The van der Waals surface area contributed by atoms with Crippen molar-refractivity contribution in [2.24, 2.45) is 10.7 Å². The summed E-state index contributed by atoms with van der Waals surface area (Å²) in [6, 6.07) is 12.4. The average molecular weight is 197 g/mol. The minimum Gasteiger partial charge on any atom is -0.351 e. The Morgan fingerprint density at radius 3 is 2.93 bits per heavy atom. The number of hydrogen-bond donors (Lipinski definition) is 2. The molecule has 0 aliphatic carbocycles. The highest BCUT2D eigenvalue weighted by Gasteiger charge is 2.12. The first kappa shape index (κ1) is 8.44. The van der Waals surface area contributed by atoms with E-state index in [1.54, 1.807) is 0 Å². The molecule has 1 heterocycles. The molecule has 15 heavy (non-hydrogen) atoms. The molecule has 1 atom stereocenters. The minimum absolute atomic E-state index is 0.330. The van der Waals surface area contributed by atoms with Crippen LogP contribution in [0.25, 0.3) is 10.8 Å². The van der Waals surface area contributed by atoms with Gasteiger partial charge in [0.2, 0.25) is 0 Å². The molecule has 2 aromatic rings. The van der Waals surface area contributed by atoms with Gasteiger partial charge in [0.15, 0.2) is 6.29 Å². The van der Waals surface area contributed by atoms with Crippen molar-refractivity contribution in [2.45, 2.75) is 6.29 Å². The number of fused-ring (bicyclic) bond motifs is 3. The second kappa shape index (κ2) is 3.07. The SMILES string of the molecule is NC1N=Cc2ccc3ccccc3c2N1. The van der Waals surface area contributed by atoms with Gasteiger partial charge in [0.1, 0.15) is 0 Å². The van der Waals surface area contributed by atoms with E-state index in [0.717, 1.165) is 11.3 Å². The summed E-state index contributed by atoms with van der Waals surface area (Å²) in [6.45, 7) is 0. The second-order valence-corrected chi connectivity index (χ2v) is 3.62. The van der Waals surface area contributed by atoms with Gasteiger partial charge in [-0.1, -0.05) is 36.4 Å². The molecular weight excluding hydrogens is 186 g/mol. The number of hydrogen-bond acceptors (Lipinski definition) is 3. The second-order valence-electron chi connectivity index (χ2n) is 3.62. The summed E-state index contributed by atoms with van der Waals surface area (Å²) in [5.74, 6) is 0. The standard InChI is InChI=1S/C12H11N3/c13-12-14-7-9-6-5-8-3-1-2-4-10(8)11(9)15-12/h1-7,12,15H,13H2. The zero-order valence-corrected chi connectivity index (χ0v) is 8.14. The van der Waals surface area contributed by atoms with Gasteiger partial charge in [-0.05, 0) is 5.39 Å². The maximum atomic E-state index is 5.73. The van der Waals surface area contributed by atoms with Crippen LogP contribution in [0.2, 0.25) is 0 Å². The van der Waals surface area contributed by atoms with Crippen molar-refractivity contribution in [3.63, 3.8) is 0 Å². The van der Waals surface area contributed by atoms with Crippen LogP contribution < -0.4 is 11.1 Å². The smallest absolute Gasteiger partial charge is 0.171 e. The molecule has 0 amide bonds. The summed E-state index contributed by atoms with van der Waals surface area (Å²) in [6.07, 6.45) is 1.49. The molecule has 2 aromatic carbocycles. The highest BCUT2D eigenvalue weighted by Crippen LogP contribution is 2.28. The van der Waals surface area contributed by atoms with Crippen molar-refractivity contribution in [2.75, 3.05) is 5.32 Å². The van der Waals surface area contributed by atoms with Crippen LogP contribution in [-0.2, 0) is 0 Å². The predicted molar refractivity (Wildman–Crippen MR) is 63.1 cm³/mol. The summed E-state index contributed by atoms with van der Waals surface area (Å²) in [4.78, 5) is 4.12. The summed E-state index contributed by atoms with van der Waals surface area (Å²) in [7, 11) is 0. The van der Waals surface area contributed by atoms with Gasteiger partial charge < -0.3 is 5.32 Å². The Morgan fingerprint density at radius 2 is 2.00 bits per heavy atom. The summed E-state index contributed by atoms with van der Waals surface area (Å²) in [5.41, 5.74) is 7.90. The first-order valence-corrected chi connectivity index (χ1v) is 4.92. The molecule has 3 N–H and O–H groups in total. The Hall–Kier alpha value is -1.87. The van der Waals surface area contributed by atoms with E-state index in [-0.39, 0.29) is 6.29 Å². The third kappa shape index (κ3) is 1.28. The van der Waals surface area contributed by atoms with Crippen molar-refractivity contribution in [1.82, 2.24) is 0 Å². The van der Waals surface area contributed by atoms with E-state index < -0.39 is 0 Å². The monoisotopic (exact) mass is 197 g/mol. The molecule has 3 heteroatoms. The van der Waals surface area contributed by atoms with E-state index >= 15 is 0 Å². The molecule has 1 unspecified atom stereocenters. The number of anilines is 1. The summed E-state index contributed by atoms with van der Waals surface area (Å²) >= 11 is 0. The van der Waals surface area contributed by atoms with Crippen molar-refractivity contribution in [3.05, 3.63) is 42.0 Å². The zero-order chi connectivity index (χ0) is 10.3. The van der Waals surface area contributed by atoms with Crippen LogP contribution in [0.4, 0.5) is 5.69 Å². The van der Waals surface area contributed by atoms with Gasteiger partial charge in [0.05, 0.1) is 5.69 Å². The Bertz CT molecular complexity index is 546. The molecular formula is C12H11N3. The number of nitrogens with one attached hydrogen (secondary N) is 1. The van der Waals surface area contributed by atoms with Crippen molar-refractivity contribution in [1.29, 1.82) is 0 Å². The molecule has 74 valence electrons.